The van der Waals surface area contributed by atoms with Gasteiger partial charge in [0.25, 0.3) is 0 Å². The first-order chi connectivity index (χ1) is 8.78. The monoisotopic (exact) mass is 262 g/mol. The van der Waals surface area contributed by atoms with Crippen molar-refractivity contribution in [3.63, 3.8) is 0 Å². The lowest BCUT2D eigenvalue weighted by atomic mass is 10.1. The highest BCUT2D eigenvalue weighted by molar-refractivity contribution is 7.09. The maximum atomic E-state index is 5.13. The molecular formula is C14H18N2OS. The van der Waals surface area contributed by atoms with Crippen LogP contribution in [-0.4, -0.2) is 18.6 Å². The zero-order valence-corrected chi connectivity index (χ0v) is 11.6. The third kappa shape index (κ3) is 3.82. The van der Waals surface area contributed by atoms with Gasteiger partial charge in [-0.3, -0.25) is 0 Å². The van der Waals surface area contributed by atoms with Crippen LogP contribution in [-0.2, 0) is 13.0 Å². The van der Waals surface area contributed by atoms with E-state index in [1.807, 2.05) is 19.1 Å². The van der Waals surface area contributed by atoms with Gasteiger partial charge in [-0.1, -0.05) is 12.1 Å². The molecule has 1 N–H and O–H groups in total. The van der Waals surface area contributed by atoms with Crippen molar-refractivity contribution >= 4 is 11.3 Å². The molecule has 0 bridgehead atoms. The fourth-order valence-corrected chi connectivity index (χ4v) is 2.45. The van der Waals surface area contributed by atoms with Gasteiger partial charge in [0.15, 0.2) is 0 Å². The molecule has 1 aromatic carbocycles. The van der Waals surface area contributed by atoms with Crippen LogP contribution >= 0.6 is 11.3 Å². The topological polar surface area (TPSA) is 34.1 Å². The first-order valence-electron chi connectivity index (χ1n) is 6.02. The van der Waals surface area contributed by atoms with Crippen molar-refractivity contribution in [2.24, 2.45) is 0 Å². The second-order valence-electron chi connectivity index (χ2n) is 4.16. The number of aromatic nitrogens is 1. The molecule has 0 unspecified atom stereocenters. The summed E-state index contributed by atoms with van der Waals surface area (Å²) < 4.78 is 5.13. The molecule has 0 spiro atoms. The van der Waals surface area contributed by atoms with Crippen LogP contribution in [0.1, 0.15) is 16.3 Å². The zero-order valence-electron chi connectivity index (χ0n) is 10.8. The number of thiazole rings is 1. The van der Waals surface area contributed by atoms with Crippen LogP contribution in [0.25, 0.3) is 0 Å². The van der Waals surface area contributed by atoms with Crippen LogP contribution in [0.3, 0.4) is 0 Å². The van der Waals surface area contributed by atoms with Crippen LogP contribution in [0.15, 0.2) is 29.6 Å². The lowest BCUT2D eigenvalue weighted by molar-refractivity contribution is 0.414. The van der Waals surface area contributed by atoms with Gasteiger partial charge in [-0.25, -0.2) is 4.98 Å². The smallest absolute Gasteiger partial charge is 0.118 e. The summed E-state index contributed by atoms with van der Waals surface area (Å²) in [6.45, 7) is 3.84. The third-order valence-electron chi connectivity index (χ3n) is 2.69. The molecule has 2 aromatic rings. The number of nitrogens with one attached hydrogen (secondary N) is 1. The van der Waals surface area contributed by atoms with Gasteiger partial charge in [0.2, 0.25) is 0 Å². The van der Waals surface area contributed by atoms with Crippen molar-refractivity contribution in [2.75, 3.05) is 13.7 Å². The minimum atomic E-state index is 0.856. The summed E-state index contributed by atoms with van der Waals surface area (Å²) >= 11 is 1.71. The van der Waals surface area contributed by atoms with E-state index in [-0.39, 0.29) is 0 Å². The quantitative estimate of drug-likeness (QED) is 0.813. The molecule has 0 saturated heterocycles. The van der Waals surface area contributed by atoms with E-state index in [4.69, 9.17) is 4.74 Å². The minimum absolute atomic E-state index is 0.856. The molecule has 1 aromatic heterocycles. The molecule has 0 radical (unpaired) electrons. The summed E-state index contributed by atoms with van der Waals surface area (Å²) in [4.78, 5) is 4.42. The summed E-state index contributed by atoms with van der Waals surface area (Å²) in [6.07, 6.45) is 1.02. The second kappa shape index (κ2) is 6.52. The van der Waals surface area contributed by atoms with E-state index in [1.165, 1.54) is 5.56 Å². The molecule has 18 heavy (non-hydrogen) atoms. The van der Waals surface area contributed by atoms with E-state index in [0.717, 1.165) is 36.0 Å². The van der Waals surface area contributed by atoms with Gasteiger partial charge in [-0.05, 0) is 37.6 Å². The number of aryl methyl sites for hydroxylation is 1. The summed E-state index contributed by atoms with van der Waals surface area (Å²) in [5.41, 5.74) is 2.42. The molecule has 1 heterocycles. The van der Waals surface area contributed by atoms with Crippen molar-refractivity contribution < 1.29 is 4.74 Å². The Hall–Kier alpha value is -1.39. The van der Waals surface area contributed by atoms with Gasteiger partial charge < -0.3 is 10.1 Å². The second-order valence-corrected chi connectivity index (χ2v) is 5.10. The molecule has 96 valence electrons. The highest BCUT2D eigenvalue weighted by Gasteiger charge is 1.98. The van der Waals surface area contributed by atoms with E-state index in [1.54, 1.807) is 18.4 Å². The largest absolute Gasteiger partial charge is 0.497 e. The van der Waals surface area contributed by atoms with Crippen molar-refractivity contribution in [3.05, 3.63) is 45.9 Å². The molecule has 3 nitrogen and oxygen atoms in total. The molecule has 0 aliphatic rings. The van der Waals surface area contributed by atoms with Crippen LogP contribution in [0.4, 0.5) is 0 Å². The number of nitrogens with zero attached hydrogens (tertiary/aromatic N) is 1. The normalized spacial score (nSPS) is 10.6. The van der Waals surface area contributed by atoms with Crippen molar-refractivity contribution in [2.45, 2.75) is 19.9 Å². The lowest BCUT2D eigenvalue weighted by Gasteiger charge is -2.04. The number of hydrogen-bond acceptors (Lipinski definition) is 4. The van der Waals surface area contributed by atoms with E-state index < -0.39 is 0 Å². The molecule has 0 aliphatic heterocycles. The first-order valence-corrected chi connectivity index (χ1v) is 6.90. The first kappa shape index (κ1) is 13.1. The highest BCUT2D eigenvalue weighted by Crippen LogP contribution is 2.11. The third-order valence-corrected chi connectivity index (χ3v) is 3.66. The van der Waals surface area contributed by atoms with Crippen LogP contribution < -0.4 is 10.1 Å². The van der Waals surface area contributed by atoms with Gasteiger partial charge in [-0.15, -0.1) is 11.3 Å². The number of ether oxygens (including phenoxy) is 1. The number of rotatable bonds is 6. The number of hydrogen-bond donors (Lipinski definition) is 1. The summed E-state index contributed by atoms with van der Waals surface area (Å²) in [5, 5.41) is 6.65. The Labute approximate surface area is 112 Å². The van der Waals surface area contributed by atoms with Crippen molar-refractivity contribution in [1.82, 2.24) is 10.3 Å². The average Bonchev–Trinajstić information content (AvgIpc) is 2.81. The lowest BCUT2D eigenvalue weighted by Crippen LogP contribution is -2.16. The zero-order chi connectivity index (χ0) is 12.8. The van der Waals surface area contributed by atoms with Crippen molar-refractivity contribution in [1.29, 1.82) is 0 Å². The van der Waals surface area contributed by atoms with E-state index in [2.05, 4.69) is 27.8 Å². The molecule has 0 atom stereocenters. The Morgan fingerprint density at radius 1 is 1.28 bits per heavy atom. The van der Waals surface area contributed by atoms with Gasteiger partial charge in [0.1, 0.15) is 10.8 Å². The Morgan fingerprint density at radius 2 is 2.06 bits per heavy atom. The van der Waals surface area contributed by atoms with E-state index in [0.29, 0.717) is 0 Å². The predicted octanol–water partition coefficient (Wildman–Crippen LogP) is 2.79. The SMILES string of the molecule is COc1ccc(CCNCc2nc(C)cs2)cc1. The molecule has 2 rings (SSSR count). The maximum absolute atomic E-state index is 5.13. The van der Waals surface area contributed by atoms with Gasteiger partial charge in [0.05, 0.1) is 7.11 Å². The Morgan fingerprint density at radius 3 is 2.67 bits per heavy atom. The molecule has 0 amide bonds. The molecule has 0 fully saturated rings. The Bertz CT molecular complexity index is 479. The van der Waals surface area contributed by atoms with Gasteiger partial charge in [-0.2, -0.15) is 0 Å². The summed E-state index contributed by atoms with van der Waals surface area (Å²) in [7, 11) is 1.69. The fourth-order valence-electron chi connectivity index (χ4n) is 1.70. The van der Waals surface area contributed by atoms with E-state index >= 15 is 0 Å². The Kier molecular flexibility index (Phi) is 4.73. The predicted molar refractivity (Wildman–Crippen MR) is 75.3 cm³/mol. The summed E-state index contributed by atoms with van der Waals surface area (Å²) in [6, 6.07) is 8.21. The molecular weight excluding hydrogens is 244 g/mol. The average molecular weight is 262 g/mol. The van der Waals surface area contributed by atoms with Crippen LogP contribution in [0, 0.1) is 6.92 Å². The van der Waals surface area contributed by atoms with Crippen LogP contribution in [0.5, 0.6) is 5.75 Å². The molecule has 0 saturated carbocycles. The minimum Gasteiger partial charge on any atom is -0.497 e. The van der Waals surface area contributed by atoms with E-state index in [9.17, 15) is 0 Å². The van der Waals surface area contributed by atoms with Gasteiger partial charge >= 0.3 is 0 Å². The molecule has 0 aliphatic carbocycles. The number of methoxy groups -OCH3 is 1. The van der Waals surface area contributed by atoms with Crippen LogP contribution in [0.2, 0.25) is 0 Å². The van der Waals surface area contributed by atoms with Gasteiger partial charge in [0, 0.05) is 17.6 Å². The standard InChI is InChI=1S/C14H18N2OS/c1-11-10-18-14(16-11)9-15-8-7-12-3-5-13(17-2)6-4-12/h3-6,10,15H,7-9H2,1-2H3. The van der Waals surface area contributed by atoms with Crippen molar-refractivity contribution in [3.8, 4) is 5.75 Å². The molecule has 4 heteroatoms. The highest BCUT2D eigenvalue weighted by atomic mass is 32.1. The fraction of sp³-hybridized carbons (Fsp3) is 0.357. The number of benzene rings is 1. The maximum Gasteiger partial charge on any atom is 0.118 e. The summed E-state index contributed by atoms with van der Waals surface area (Å²) in [5.74, 6) is 0.907. The Balaban J connectivity index is 1.71.